The molecule has 4 aromatic rings. The first-order valence-corrected chi connectivity index (χ1v) is 8.70. The molecule has 2 heterocycles. The molecular formula is C22H13N3O3. The number of carbonyl (C=O) groups excluding carboxylic acids is 2. The quantitative estimate of drug-likeness (QED) is 0.507. The van der Waals surface area contributed by atoms with Crippen LogP contribution in [0.4, 0.5) is 5.69 Å². The van der Waals surface area contributed by atoms with Gasteiger partial charge in [0.1, 0.15) is 0 Å². The number of anilines is 1. The van der Waals surface area contributed by atoms with E-state index in [1.54, 1.807) is 48.5 Å². The Balaban J connectivity index is 1.44. The van der Waals surface area contributed by atoms with Gasteiger partial charge in [-0.2, -0.15) is 4.98 Å². The topological polar surface area (TPSA) is 76.3 Å². The van der Waals surface area contributed by atoms with Crippen LogP contribution in [0.3, 0.4) is 0 Å². The van der Waals surface area contributed by atoms with Crippen molar-refractivity contribution in [1.82, 2.24) is 10.1 Å². The van der Waals surface area contributed by atoms with Crippen molar-refractivity contribution >= 4 is 17.5 Å². The molecule has 1 aliphatic rings. The highest BCUT2D eigenvalue weighted by atomic mass is 16.5. The largest absolute Gasteiger partial charge is 0.334 e. The highest BCUT2D eigenvalue weighted by molar-refractivity contribution is 6.34. The van der Waals surface area contributed by atoms with Crippen LogP contribution in [0.5, 0.6) is 0 Å². The van der Waals surface area contributed by atoms with Gasteiger partial charge in [-0.1, -0.05) is 47.6 Å². The molecule has 0 unspecified atom stereocenters. The molecule has 2 amide bonds. The number of hydrogen-bond acceptors (Lipinski definition) is 5. The Kier molecular flexibility index (Phi) is 3.62. The van der Waals surface area contributed by atoms with Crippen LogP contribution in [0.15, 0.2) is 83.4 Å². The number of fused-ring (bicyclic) bond motifs is 1. The molecule has 3 aromatic carbocycles. The van der Waals surface area contributed by atoms with Gasteiger partial charge in [0.2, 0.25) is 5.82 Å². The minimum atomic E-state index is -0.322. The predicted octanol–water partition coefficient (Wildman–Crippen LogP) is 4.20. The van der Waals surface area contributed by atoms with E-state index in [9.17, 15) is 9.59 Å². The third-order valence-electron chi connectivity index (χ3n) is 4.62. The molecule has 28 heavy (non-hydrogen) atoms. The summed E-state index contributed by atoms with van der Waals surface area (Å²) in [7, 11) is 0. The SMILES string of the molecule is O=C1c2ccccc2C(=O)N1c1ccc(-c2nc(-c3ccccc3)no2)cc1. The van der Waals surface area contributed by atoms with Crippen LogP contribution in [0.1, 0.15) is 20.7 Å². The van der Waals surface area contributed by atoms with E-state index in [-0.39, 0.29) is 11.8 Å². The van der Waals surface area contributed by atoms with E-state index < -0.39 is 0 Å². The molecule has 0 fully saturated rings. The maximum atomic E-state index is 12.6. The lowest BCUT2D eigenvalue weighted by Crippen LogP contribution is -2.29. The first-order valence-electron chi connectivity index (χ1n) is 8.70. The lowest BCUT2D eigenvalue weighted by molar-refractivity contribution is 0.0926. The summed E-state index contributed by atoms with van der Waals surface area (Å²) in [5.41, 5.74) is 2.90. The fourth-order valence-electron chi connectivity index (χ4n) is 3.22. The third-order valence-corrected chi connectivity index (χ3v) is 4.62. The van der Waals surface area contributed by atoms with Gasteiger partial charge in [-0.15, -0.1) is 0 Å². The highest BCUT2D eigenvalue weighted by Gasteiger charge is 2.36. The first-order chi connectivity index (χ1) is 13.7. The van der Waals surface area contributed by atoms with Crippen molar-refractivity contribution in [3.05, 3.63) is 90.0 Å². The number of imide groups is 1. The van der Waals surface area contributed by atoms with Crippen molar-refractivity contribution < 1.29 is 14.1 Å². The minimum absolute atomic E-state index is 0.322. The van der Waals surface area contributed by atoms with Gasteiger partial charge in [-0.05, 0) is 36.4 Å². The van der Waals surface area contributed by atoms with Crippen molar-refractivity contribution in [2.24, 2.45) is 0 Å². The van der Waals surface area contributed by atoms with Crippen LogP contribution >= 0.6 is 0 Å². The molecule has 134 valence electrons. The van der Waals surface area contributed by atoms with Crippen molar-refractivity contribution in [1.29, 1.82) is 0 Å². The van der Waals surface area contributed by atoms with Crippen LogP contribution in [-0.2, 0) is 0 Å². The number of nitrogens with zero attached hydrogens (tertiary/aromatic N) is 3. The molecule has 0 saturated heterocycles. The lowest BCUT2D eigenvalue weighted by Gasteiger charge is -2.13. The summed E-state index contributed by atoms with van der Waals surface area (Å²) in [6.45, 7) is 0. The monoisotopic (exact) mass is 367 g/mol. The standard InChI is InChI=1S/C22H13N3O3/c26-21-17-8-4-5-9-18(17)22(27)25(21)16-12-10-15(11-13-16)20-23-19(24-28-20)14-6-2-1-3-7-14/h1-13H. The molecule has 6 heteroatoms. The number of benzene rings is 3. The Morgan fingerprint density at radius 1 is 0.679 bits per heavy atom. The second-order valence-corrected chi connectivity index (χ2v) is 6.33. The Hall–Kier alpha value is -4.06. The zero-order valence-electron chi connectivity index (χ0n) is 14.6. The molecule has 1 aliphatic heterocycles. The number of aromatic nitrogens is 2. The van der Waals surface area contributed by atoms with E-state index >= 15 is 0 Å². The molecule has 0 bridgehead atoms. The second kappa shape index (κ2) is 6.28. The minimum Gasteiger partial charge on any atom is -0.334 e. The van der Waals surface area contributed by atoms with E-state index in [0.717, 1.165) is 5.56 Å². The molecule has 5 rings (SSSR count). The number of carbonyl (C=O) groups is 2. The summed E-state index contributed by atoms with van der Waals surface area (Å²) in [5.74, 6) is 0.225. The molecule has 0 aliphatic carbocycles. The fourth-order valence-corrected chi connectivity index (χ4v) is 3.22. The normalized spacial score (nSPS) is 13.1. The Morgan fingerprint density at radius 2 is 1.29 bits per heavy atom. The highest BCUT2D eigenvalue weighted by Crippen LogP contribution is 2.30. The van der Waals surface area contributed by atoms with Crippen molar-refractivity contribution in [2.45, 2.75) is 0 Å². The number of rotatable bonds is 3. The summed E-state index contributed by atoms with van der Waals surface area (Å²) in [6, 6.07) is 23.2. The molecule has 0 radical (unpaired) electrons. The fraction of sp³-hybridized carbons (Fsp3) is 0. The summed E-state index contributed by atoms with van der Waals surface area (Å²) >= 11 is 0. The van der Waals surface area contributed by atoms with Gasteiger partial charge in [0.05, 0.1) is 16.8 Å². The Labute approximate surface area is 160 Å². The lowest BCUT2D eigenvalue weighted by atomic mass is 10.1. The zero-order chi connectivity index (χ0) is 19.1. The zero-order valence-corrected chi connectivity index (χ0v) is 14.6. The average molecular weight is 367 g/mol. The molecule has 1 aromatic heterocycles. The van der Waals surface area contributed by atoms with Crippen molar-refractivity contribution in [3.63, 3.8) is 0 Å². The molecule has 0 atom stereocenters. The molecule has 0 saturated carbocycles. The van der Waals surface area contributed by atoms with E-state index in [1.165, 1.54) is 4.90 Å². The van der Waals surface area contributed by atoms with Crippen molar-refractivity contribution in [3.8, 4) is 22.8 Å². The summed E-state index contributed by atoms with van der Waals surface area (Å²) in [4.78, 5) is 30.8. The van der Waals surface area contributed by atoms with Gasteiger partial charge >= 0.3 is 0 Å². The van der Waals surface area contributed by atoms with Gasteiger partial charge in [0.15, 0.2) is 0 Å². The smallest absolute Gasteiger partial charge is 0.266 e. The second-order valence-electron chi connectivity index (χ2n) is 6.33. The van der Waals surface area contributed by atoms with Crippen LogP contribution in [0.25, 0.3) is 22.8 Å². The Bertz CT molecular complexity index is 1160. The molecule has 0 N–H and O–H groups in total. The van der Waals surface area contributed by atoms with E-state index in [2.05, 4.69) is 10.1 Å². The van der Waals surface area contributed by atoms with E-state index in [4.69, 9.17) is 4.52 Å². The third kappa shape index (κ3) is 2.51. The van der Waals surface area contributed by atoms with Gasteiger partial charge in [-0.3, -0.25) is 9.59 Å². The maximum Gasteiger partial charge on any atom is 0.266 e. The maximum absolute atomic E-state index is 12.6. The van der Waals surface area contributed by atoms with Crippen LogP contribution in [0.2, 0.25) is 0 Å². The summed E-state index contributed by atoms with van der Waals surface area (Å²) < 4.78 is 5.35. The first kappa shape index (κ1) is 16.1. The predicted molar refractivity (Wildman–Crippen MR) is 103 cm³/mol. The molecule has 6 nitrogen and oxygen atoms in total. The summed E-state index contributed by atoms with van der Waals surface area (Å²) in [6.07, 6.45) is 0. The van der Waals surface area contributed by atoms with Crippen LogP contribution in [-0.4, -0.2) is 22.0 Å². The van der Waals surface area contributed by atoms with Gasteiger partial charge in [-0.25, -0.2) is 4.90 Å². The van der Waals surface area contributed by atoms with Gasteiger partial charge < -0.3 is 4.52 Å². The van der Waals surface area contributed by atoms with Crippen LogP contribution < -0.4 is 4.90 Å². The average Bonchev–Trinajstić information content (AvgIpc) is 3.33. The Morgan fingerprint density at radius 3 is 1.93 bits per heavy atom. The van der Waals surface area contributed by atoms with Gasteiger partial charge in [0.25, 0.3) is 17.7 Å². The summed E-state index contributed by atoms with van der Waals surface area (Å²) in [5, 5.41) is 4.01. The van der Waals surface area contributed by atoms with Gasteiger partial charge in [0, 0.05) is 11.1 Å². The number of amides is 2. The molecule has 0 spiro atoms. The van der Waals surface area contributed by atoms with Crippen LogP contribution in [0, 0.1) is 0 Å². The van der Waals surface area contributed by atoms with Crippen molar-refractivity contribution in [2.75, 3.05) is 4.90 Å². The number of hydrogen-bond donors (Lipinski definition) is 0. The van der Waals surface area contributed by atoms with E-state index in [1.807, 2.05) is 30.3 Å². The van der Waals surface area contributed by atoms with E-state index in [0.29, 0.717) is 34.1 Å². The molecular weight excluding hydrogens is 354 g/mol.